The number of para-hydroxylation sites is 1. The summed E-state index contributed by atoms with van der Waals surface area (Å²) in [5.41, 5.74) is 1.42. The summed E-state index contributed by atoms with van der Waals surface area (Å²) in [5.74, 6) is -0.443. The predicted molar refractivity (Wildman–Crippen MR) is 128 cm³/mol. The molecule has 162 valence electrons. The molecule has 3 rings (SSSR count). The highest BCUT2D eigenvalue weighted by Crippen LogP contribution is 2.31. The van der Waals surface area contributed by atoms with Crippen LogP contribution in [0.3, 0.4) is 0 Å². The largest absolute Gasteiger partial charge is 0.319 e. The fourth-order valence-electron chi connectivity index (χ4n) is 2.81. The molecule has 1 amide bonds. The minimum Gasteiger partial charge on any atom is -0.319 e. The zero-order valence-electron chi connectivity index (χ0n) is 16.1. The first-order chi connectivity index (χ1) is 14.6. The fraction of sp³-hybridized carbons (Fsp3) is 0.0952. The van der Waals surface area contributed by atoms with Crippen molar-refractivity contribution >= 4 is 73.7 Å². The van der Waals surface area contributed by atoms with Crippen molar-refractivity contribution in [3.8, 4) is 0 Å². The quantitative estimate of drug-likeness (QED) is 0.404. The number of rotatable bonds is 6. The van der Waals surface area contributed by atoms with Crippen LogP contribution in [0.2, 0.25) is 20.1 Å². The minimum absolute atomic E-state index is 0.0574. The van der Waals surface area contributed by atoms with E-state index < -0.39 is 15.9 Å². The van der Waals surface area contributed by atoms with E-state index in [-0.39, 0.29) is 6.54 Å². The van der Waals surface area contributed by atoms with E-state index in [9.17, 15) is 13.2 Å². The van der Waals surface area contributed by atoms with Crippen LogP contribution in [-0.4, -0.2) is 20.6 Å². The summed E-state index contributed by atoms with van der Waals surface area (Å²) in [4.78, 5) is 12.6. The van der Waals surface area contributed by atoms with Crippen molar-refractivity contribution in [2.24, 2.45) is 0 Å². The van der Waals surface area contributed by atoms with Crippen LogP contribution in [-0.2, 0) is 16.6 Å². The van der Waals surface area contributed by atoms with Gasteiger partial charge in [0, 0.05) is 21.2 Å². The van der Waals surface area contributed by atoms with Gasteiger partial charge in [0.1, 0.15) is 0 Å². The molecule has 0 spiro atoms. The number of carbonyl (C=O) groups excluding carboxylic acids is 1. The second-order valence-corrected chi connectivity index (χ2v) is 10.1. The summed E-state index contributed by atoms with van der Waals surface area (Å²) in [6.45, 7) is -0.0574. The summed E-state index contributed by atoms with van der Waals surface area (Å²) >= 11 is 24.6. The van der Waals surface area contributed by atoms with Crippen molar-refractivity contribution in [1.82, 2.24) is 0 Å². The third-order valence-corrected chi connectivity index (χ3v) is 6.86. The van der Waals surface area contributed by atoms with Crippen molar-refractivity contribution in [2.45, 2.75) is 6.54 Å². The van der Waals surface area contributed by atoms with Crippen LogP contribution in [0.25, 0.3) is 0 Å². The molecule has 0 atom stereocenters. The van der Waals surface area contributed by atoms with Gasteiger partial charge >= 0.3 is 0 Å². The Labute approximate surface area is 200 Å². The molecule has 0 heterocycles. The third-order valence-electron chi connectivity index (χ3n) is 4.38. The zero-order chi connectivity index (χ0) is 22.8. The Morgan fingerprint density at radius 2 is 1.32 bits per heavy atom. The van der Waals surface area contributed by atoms with Gasteiger partial charge < -0.3 is 5.32 Å². The third kappa shape index (κ3) is 5.64. The highest BCUT2D eigenvalue weighted by molar-refractivity contribution is 7.92. The number of hydrogen-bond acceptors (Lipinski definition) is 3. The fourth-order valence-corrected chi connectivity index (χ4v) is 4.69. The Hall–Kier alpha value is -1.96. The number of carbonyl (C=O) groups is 1. The van der Waals surface area contributed by atoms with E-state index in [4.69, 9.17) is 46.4 Å². The van der Waals surface area contributed by atoms with Gasteiger partial charge in [-0.25, -0.2) is 8.42 Å². The minimum atomic E-state index is -3.66. The number of nitrogens with zero attached hydrogens (tertiary/aromatic N) is 1. The summed E-state index contributed by atoms with van der Waals surface area (Å²) in [5, 5.41) is 3.98. The second kappa shape index (κ2) is 9.67. The molecule has 0 aromatic heterocycles. The molecule has 0 fully saturated rings. The molecule has 31 heavy (non-hydrogen) atoms. The molecule has 0 saturated carbocycles. The topological polar surface area (TPSA) is 66.5 Å². The lowest BCUT2D eigenvalue weighted by molar-refractivity contribution is 0.102. The van der Waals surface area contributed by atoms with Gasteiger partial charge in [0.25, 0.3) is 5.91 Å². The number of halogens is 4. The molecule has 3 aromatic rings. The van der Waals surface area contributed by atoms with Gasteiger partial charge in [-0.2, -0.15) is 0 Å². The Bertz CT molecular complexity index is 1190. The molecule has 0 aliphatic heterocycles. The van der Waals surface area contributed by atoms with Gasteiger partial charge in [-0.3, -0.25) is 9.10 Å². The monoisotopic (exact) mass is 516 g/mol. The number of hydrogen-bond donors (Lipinski definition) is 1. The average molecular weight is 518 g/mol. The summed E-state index contributed by atoms with van der Waals surface area (Å²) in [7, 11) is -3.66. The van der Waals surface area contributed by atoms with Gasteiger partial charge in [0.2, 0.25) is 10.0 Å². The van der Waals surface area contributed by atoms with Gasteiger partial charge in [-0.15, -0.1) is 0 Å². The Morgan fingerprint density at radius 1 is 0.839 bits per heavy atom. The summed E-state index contributed by atoms with van der Waals surface area (Å²) < 4.78 is 26.0. The van der Waals surface area contributed by atoms with E-state index in [1.165, 1.54) is 24.3 Å². The number of anilines is 2. The van der Waals surface area contributed by atoms with Crippen molar-refractivity contribution < 1.29 is 13.2 Å². The van der Waals surface area contributed by atoms with Crippen LogP contribution in [0.4, 0.5) is 11.4 Å². The lowest BCUT2D eigenvalue weighted by atomic mass is 10.1. The average Bonchev–Trinajstić information content (AvgIpc) is 2.70. The van der Waals surface area contributed by atoms with Gasteiger partial charge in [0.15, 0.2) is 0 Å². The summed E-state index contributed by atoms with van der Waals surface area (Å²) in [6.07, 6.45) is 1.08. The molecule has 0 aliphatic carbocycles. The number of benzene rings is 3. The maximum absolute atomic E-state index is 12.6. The molecule has 0 saturated heterocycles. The summed E-state index contributed by atoms with van der Waals surface area (Å²) in [6, 6.07) is 15.9. The van der Waals surface area contributed by atoms with Crippen molar-refractivity contribution in [3.63, 3.8) is 0 Å². The first-order valence-corrected chi connectivity index (χ1v) is 12.2. The molecular formula is C21H16Cl4N2O3S. The Morgan fingerprint density at radius 3 is 1.81 bits per heavy atom. The molecule has 0 bridgehead atoms. The van der Waals surface area contributed by atoms with Gasteiger partial charge in [-0.1, -0.05) is 58.5 Å². The SMILES string of the molecule is CS(=O)(=O)N(Cc1c(Cl)cccc1Cl)c1ccc(C(=O)Nc2c(Cl)cccc2Cl)cc1. The van der Waals surface area contributed by atoms with Crippen LogP contribution in [0.15, 0.2) is 60.7 Å². The van der Waals surface area contributed by atoms with Crippen LogP contribution in [0, 0.1) is 0 Å². The number of amides is 1. The predicted octanol–water partition coefficient (Wildman–Crippen LogP) is 6.52. The highest BCUT2D eigenvalue weighted by Gasteiger charge is 2.21. The lowest BCUT2D eigenvalue weighted by Crippen LogP contribution is -2.29. The van der Waals surface area contributed by atoms with Crippen LogP contribution in [0.1, 0.15) is 15.9 Å². The Kier molecular flexibility index (Phi) is 7.39. The standard InChI is InChI=1S/C21H16Cl4N2O3S/c1-31(29,30)27(12-15-16(22)4-2-5-17(15)23)14-10-8-13(9-11-14)21(28)26-20-18(24)6-3-7-19(20)25/h2-11H,12H2,1H3,(H,26,28). The van der Waals surface area contributed by atoms with Crippen molar-refractivity contribution in [3.05, 3.63) is 91.9 Å². The molecule has 10 heteroatoms. The number of sulfonamides is 1. The van der Waals surface area contributed by atoms with E-state index in [0.29, 0.717) is 42.6 Å². The van der Waals surface area contributed by atoms with E-state index in [2.05, 4.69) is 5.32 Å². The smallest absolute Gasteiger partial charge is 0.255 e. The number of nitrogens with one attached hydrogen (secondary N) is 1. The molecule has 5 nitrogen and oxygen atoms in total. The van der Waals surface area contributed by atoms with E-state index in [1.807, 2.05) is 0 Å². The highest BCUT2D eigenvalue weighted by atomic mass is 35.5. The van der Waals surface area contributed by atoms with Gasteiger partial charge in [-0.05, 0) is 48.5 Å². The van der Waals surface area contributed by atoms with E-state index in [0.717, 1.165) is 10.6 Å². The van der Waals surface area contributed by atoms with Crippen LogP contribution >= 0.6 is 46.4 Å². The maximum Gasteiger partial charge on any atom is 0.255 e. The first-order valence-electron chi connectivity index (χ1n) is 8.84. The van der Waals surface area contributed by atoms with E-state index >= 15 is 0 Å². The van der Waals surface area contributed by atoms with Crippen LogP contribution in [0.5, 0.6) is 0 Å². The first kappa shape index (κ1) is 23.7. The van der Waals surface area contributed by atoms with Gasteiger partial charge in [0.05, 0.1) is 34.2 Å². The molecule has 0 aliphatic rings. The molecule has 0 radical (unpaired) electrons. The Balaban J connectivity index is 1.87. The van der Waals surface area contributed by atoms with E-state index in [1.54, 1.807) is 36.4 Å². The van der Waals surface area contributed by atoms with Crippen LogP contribution < -0.4 is 9.62 Å². The lowest BCUT2D eigenvalue weighted by Gasteiger charge is -2.23. The molecular weight excluding hydrogens is 502 g/mol. The molecule has 3 aromatic carbocycles. The maximum atomic E-state index is 12.6. The normalized spacial score (nSPS) is 11.3. The van der Waals surface area contributed by atoms with Crippen molar-refractivity contribution in [1.29, 1.82) is 0 Å². The molecule has 0 unspecified atom stereocenters. The second-order valence-electron chi connectivity index (χ2n) is 6.57. The van der Waals surface area contributed by atoms with Crippen molar-refractivity contribution in [2.75, 3.05) is 15.9 Å². The zero-order valence-corrected chi connectivity index (χ0v) is 19.9. The molecule has 1 N–H and O–H groups in total.